The molecule has 2 rings (SSSR count). The fourth-order valence-electron chi connectivity index (χ4n) is 3.36. The molecule has 4 heteroatoms. The van der Waals surface area contributed by atoms with Gasteiger partial charge in [0.2, 0.25) is 0 Å². The van der Waals surface area contributed by atoms with E-state index in [9.17, 15) is 4.79 Å². The van der Waals surface area contributed by atoms with E-state index >= 15 is 0 Å². The number of rotatable bonds is 5. The Morgan fingerprint density at radius 2 is 1.95 bits per heavy atom. The molecule has 1 aliphatic rings. The van der Waals surface area contributed by atoms with E-state index in [1.54, 1.807) is 0 Å². The predicted molar refractivity (Wildman–Crippen MR) is 89.4 cm³/mol. The first-order chi connectivity index (χ1) is 10.5. The molecule has 1 aromatic carbocycles. The van der Waals surface area contributed by atoms with Gasteiger partial charge < -0.3 is 4.74 Å². The van der Waals surface area contributed by atoms with Gasteiger partial charge >= 0.3 is 5.97 Å². The van der Waals surface area contributed by atoms with Gasteiger partial charge in [-0.2, -0.15) is 0 Å². The van der Waals surface area contributed by atoms with Crippen molar-refractivity contribution in [3.05, 3.63) is 35.9 Å². The van der Waals surface area contributed by atoms with Gasteiger partial charge in [0.15, 0.2) is 0 Å². The monoisotopic (exact) mass is 323 g/mol. The standard InChI is InChI=1S/C18H26ClNO2/c1-12(2)15-10-9-13(3)11-16(15)22-18(21)17(20-19)14-7-5-4-6-8-14/h4-8,12-13,15-17,20H,9-11H2,1-3H3/t13-,15+,16-,17+/m1/s1. The number of hydrogen-bond acceptors (Lipinski definition) is 3. The van der Waals surface area contributed by atoms with E-state index in [1.807, 2.05) is 30.3 Å². The molecule has 0 unspecified atom stereocenters. The van der Waals surface area contributed by atoms with Crippen molar-refractivity contribution < 1.29 is 9.53 Å². The molecule has 1 N–H and O–H groups in total. The Morgan fingerprint density at radius 3 is 2.55 bits per heavy atom. The third-order valence-corrected chi connectivity index (χ3v) is 4.92. The van der Waals surface area contributed by atoms with E-state index in [0.29, 0.717) is 17.8 Å². The van der Waals surface area contributed by atoms with E-state index in [0.717, 1.165) is 18.4 Å². The van der Waals surface area contributed by atoms with E-state index < -0.39 is 6.04 Å². The van der Waals surface area contributed by atoms with Gasteiger partial charge in [-0.1, -0.05) is 57.5 Å². The molecule has 1 fully saturated rings. The van der Waals surface area contributed by atoms with Crippen LogP contribution in [0.5, 0.6) is 0 Å². The summed E-state index contributed by atoms with van der Waals surface area (Å²) in [5, 5.41) is 0. The summed E-state index contributed by atoms with van der Waals surface area (Å²) in [7, 11) is 0. The average Bonchev–Trinajstić information content (AvgIpc) is 2.48. The second-order valence-corrected chi connectivity index (χ2v) is 6.97. The lowest BCUT2D eigenvalue weighted by molar-refractivity contribution is -0.158. The maximum Gasteiger partial charge on any atom is 0.329 e. The Labute approximate surface area is 138 Å². The number of hydrogen-bond donors (Lipinski definition) is 1. The number of halogens is 1. The maximum atomic E-state index is 12.5. The summed E-state index contributed by atoms with van der Waals surface area (Å²) in [6.07, 6.45) is 3.28. The number of benzene rings is 1. The zero-order chi connectivity index (χ0) is 16.1. The largest absolute Gasteiger partial charge is 0.461 e. The normalized spacial score (nSPS) is 26.7. The summed E-state index contributed by atoms with van der Waals surface area (Å²) in [4.78, 5) is 15.1. The van der Waals surface area contributed by atoms with Crippen LogP contribution in [0.4, 0.5) is 0 Å². The highest BCUT2D eigenvalue weighted by Gasteiger charge is 2.35. The zero-order valence-electron chi connectivity index (χ0n) is 13.6. The number of ether oxygens (including phenoxy) is 1. The summed E-state index contributed by atoms with van der Waals surface area (Å²) >= 11 is 5.79. The Morgan fingerprint density at radius 1 is 1.27 bits per heavy atom. The van der Waals surface area contributed by atoms with Crippen molar-refractivity contribution in [2.24, 2.45) is 17.8 Å². The van der Waals surface area contributed by atoms with Gasteiger partial charge in [-0.25, -0.2) is 9.63 Å². The van der Waals surface area contributed by atoms with E-state index in [1.165, 1.54) is 6.42 Å². The summed E-state index contributed by atoms with van der Waals surface area (Å²) < 4.78 is 5.86. The molecule has 1 saturated carbocycles. The van der Waals surface area contributed by atoms with Crippen LogP contribution in [-0.4, -0.2) is 12.1 Å². The molecule has 4 atom stereocenters. The van der Waals surface area contributed by atoms with Crippen LogP contribution in [-0.2, 0) is 9.53 Å². The Hall–Kier alpha value is -1.06. The van der Waals surface area contributed by atoms with Crippen molar-refractivity contribution in [1.29, 1.82) is 0 Å². The number of carbonyl (C=O) groups excluding carboxylic acids is 1. The summed E-state index contributed by atoms with van der Waals surface area (Å²) in [5.74, 6) is 1.27. The second-order valence-electron chi connectivity index (χ2n) is 6.75. The number of carbonyl (C=O) groups is 1. The van der Waals surface area contributed by atoms with Crippen LogP contribution < -0.4 is 4.84 Å². The molecule has 0 amide bonds. The summed E-state index contributed by atoms with van der Waals surface area (Å²) in [6, 6.07) is 8.84. The van der Waals surface area contributed by atoms with Crippen LogP contribution in [0.2, 0.25) is 0 Å². The van der Waals surface area contributed by atoms with Crippen molar-refractivity contribution in [1.82, 2.24) is 4.84 Å². The van der Waals surface area contributed by atoms with Gasteiger partial charge in [0.1, 0.15) is 12.1 Å². The lowest BCUT2D eigenvalue weighted by Gasteiger charge is -2.37. The highest BCUT2D eigenvalue weighted by atomic mass is 35.5. The quantitative estimate of drug-likeness (QED) is 0.641. The van der Waals surface area contributed by atoms with Crippen LogP contribution in [0.3, 0.4) is 0 Å². The van der Waals surface area contributed by atoms with Crippen LogP contribution >= 0.6 is 11.8 Å². The van der Waals surface area contributed by atoms with Crippen molar-refractivity contribution >= 4 is 17.7 Å². The van der Waals surface area contributed by atoms with Gasteiger partial charge in [-0.3, -0.25) is 0 Å². The topological polar surface area (TPSA) is 38.3 Å². The second kappa shape index (κ2) is 7.98. The molecule has 0 aliphatic heterocycles. The molecular formula is C18H26ClNO2. The van der Waals surface area contributed by atoms with Gasteiger partial charge in [0, 0.05) is 0 Å². The molecule has 0 bridgehead atoms. The minimum Gasteiger partial charge on any atom is -0.461 e. The molecule has 1 aliphatic carbocycles. The Bertz CT molecular complexity index is 477. The SMILES string of the molecule is CC(C)[C@@H]1CC[C@@H](C)C[C@H]1OC(=O)[C@@H](NCl)c1ccccc1. The molecule has 3 nitrogen and oxygen atoms in total. The lowest BCUT2D eigenvalue weighted by atomic mass is 9.75. The van der Waals surface area contributed by atoms with Crippen molar-refractivity contribution in [2.45, 2.75) is 52.2 Å². The number of nitrogens with one attached hydrogen (secondary N) is 1. The van der Waals surface area contributed by atoms with Crippen molar-refractivity contribution in [2.75, 3.05) is 0 Å². The zero-order valence-corrected chi connectivity index (χ0v) is 14.3. The fraction of sp³-hybridized carbons (Fsp3) is 0.611. The van der Waals surface area contributed by atoms with Crippen LogP contribution in [0.25, 0.3) is 0 Å². The van der Waals surface area contributed by atoms with Gasteiger partial charge in [0.05, 0.1) is 0 Å². The molecule has 0 aromatic heterocycles. The molecule has 0 spiro atoms. The van der Waals surface area contributed by atoms with E-state index in [2.05, 4.69) is 25.6 Å². The summed E-state index contributed by atoms with van der Waals surface area (Å²) in [6.45, 7) is 6.64. The summed E-state index contributed by atoms with van der Waals surface area (Å²) in [5.41, 5.74) is 0.826. The van der Waals surface area contributed by atoms with Crippen LogP contribution in [0, 0.1) is 17.8 Å². The average molecular weight is 324 g/mol. The highest BCUT2D eigenvalue weighted by Crippen LogP contribution is 2.36. The lowest BCUT2D eigenvalue weighted by Crippen LogP contribution is -2.38. The first-order valence-electron chi connectivity index (χ1n) is 8.14. The maximum absolute atomic E-state index is 12.5. The molecule has 0 heterocycles. The first kappa shape index (κ1) is 17.3. The van der Waals surface area contributed by atoms with Gasteiger partial charge in [-0.05, 0) is 47.9 Å². The fourth-order valence-corrected chi connectivity index (χ4v) is 3.57. The highest BCUT2D eigenvalue weighted by molar-refractivity contribution is 6.14. The molecule has 22 heavy (non-hydrogen) atoms. The van der Waals surface area contributed by atoms with E-state index in [4.69, 9.17) is 16.5 Å². The van der Waals surface area contributed by atoms with Gasteiger partial charge in [-0.15, -0.1) is 0 Å². The minimum absolute atomic E-state index is 0.00696. The third-order valence-electron chi connectivity index (χ3n) is 4.71. The van der Waals surface area contributed by atoms with Crippen molar-refractivity contribution in [3.63, 3.8) is 0 Å². The molecule has 0 radical (unpaired) electrons. The van der Waals surface area contributed by atoms with Crippen LogP contribution in [0.15, 0.2) is 30.3 Å². The number of esters is 1. The molecule has 0 saturated heterocycles. The molecular weight excluding hydrogens is 298 g/mol. The van der Waals surface area contributed by atoms with E-state index in [-0.39, 0.29) is 12.1 Å². The van der Waals surface area contributed by atoms with Crippen LogP contribution in [0.1, 0.15) is 51.6 Å². The Balaban J connectivity index is 2.08. The van der Waals surface area contributed by atoms with Crippen molar-refractivity contribution in [3.8, 4) is 0 Å². The first-order valence-corrected chi connectivity index (χ1v) is 8.52. The minimum atomic E-state index is -0.618. The van der Waals surface area contributed by atoms with Gasteiger partial charge in [0.25, 0.3) is 0 Å². The Kier molecular flexibility index (Phi) is 6.27. The molecule has 122 valence electrons. The molecule has 1 aromatic rings. The third kappa shape index (κ3) is 4.23. The smallest absolute Gasteiger partial charge is 0.329 e. The predicted octanol–water partition coefficient (Wildman–Crippen LogP) is 4.48.